The number of hydrogen-bond donors (Lipinski definition) is 2. The molecule has 1 aliphatic rings. The number of nitrogens with one attached hydrogen (secondary N) is 2. The molecule has 2 N–H and O–H groups in total. The molecule has 6 rings (SSSR count). The predicted molar refractivity (Wildman–Crippen MR) is 139 cm³/mol. The number of imidazole rings is 1. The van der Waals surface area contributed by atoms with Gasteiger partial charge in [-0.25, -0.2) is 23.3 Å². The highest BCUT2D eigenvalue weighted by molar-refractivity contribution is 6.20. The maximum atomic E-state index is 14.8. The van der Waals surface area contributed by atoms with Crippen molar-refractivity contribution in [2.45, 2.75) is 13.1 Å². The second-order valence-corrected chi connectivity index (χ2v) is 8.82. The van der Waals surface area contributed by atoms with E-state index in [2.05, 4.69) is 30.7 Å². The molecule has 9 nitrogen and oxygen atoms in total. The maximum absolute atomic E-state index is 14.8. The Morgan fingerprint density at radius 3 is 2.62 bits per heavy atom. The number of amides is 2. The van der Waals surface area contributed by atoms with E-state index in [1.165, 1.54) is 28.9 Å². The van der Waals surface area contributed by atoms with Crippen LogP contribution in [0.15, 0.2) is 84.1 Å². The van der Waals surface area contributed by atoms with E-state index in [1.54, 1.807) is 49.4 Å². The fourth-order valence-corrected chi connectivity index (χ4v) is 4.39. The molecule has 0 unspecified atom stereocenters. The number of hydrogen-bond acceptors (Lipinski definition) is 6. The number of rotatable bonds is 4. The van der Waals surface area contributed by atoms with E-state index in [9.17, 15) is 18.4 Å². The lowest BCUT2D eigenvalue weighted by molar-refractivity contribution is -0.117. The summed E-state index contributed by atoms with van der Waals surface area (Å²) < 4.78 is 30.1. The van der Waals surface area contributed by atoms with Gasteiger partial charge < -0.3 is 10.6 Å². The van der Waals surface area contributed by atoms with Gasteiger partial charge in [-0.2, -0.15) is 5.10 Å². The fraction of sp³-hybridized carbons (Fsp3) is 0.0714. The van der Waals surface area contributed by atoms with Gasteiger partial charge in [-0.3, -0.25) is 14.6 Å². The van der Waals surface area contributed by atoms with Crippen molar-refractivity contribution in [3.8, 4) is 11.3 Å². The van der Waals surface area contributed by atoms with E-state index < -0.39 is 29.6 Å². The average molecular weight is 524 g/mol. The molecule has 1 aliphatic heterocycles. The van der Waals surface area contributed by atoms with Gasteiger partial charge in [0.05, 0.1) is 23.3 Å². The minimum atomic E-state index is -1.44. The molecule has 0 radical (unpaired) electrons. The Hall–Kier alpha value is -5.32. The quantitative estimate of drug-likeness (QED) is 0.371. The zero-order valence-corrected chi connectivity index (χ0v) is 20.4. The summed E-state index contributed by atoms with van der Waals surface area (Å²) in [5.74, 6) is -2.74. The summed E-state index contributed by atoms with van der Waals surface area (Å²) in [5.41, 5.74) is 2.52. The minimum absolute atomic E-state index is 0.0412. The minimum Gasteiger partial charge on any atom is -0.321 e. The zero-order chi connectivity index (χ0) is 27.1. The Balaban J connectivity index is 1.47. The first-order valence-electron chi connectivity index (χ1n) is 11.9. The molecule has 0 saturated heterocycles. The van der Waals surface area contributed by atoms with Gasteiger partial charge in [0.25, 0.3) is 11.8 Å². The van der Waals surface area contributed by atoms with Crippen molar-refractivity contribution < 1.29 is 18.4 Å². The molecule has 2 aromatic carbocycles. The first-order valence-corrected chi connectivity index (χ1v) is 11.9. The van der Waals surface area contributed by atoms with Crippen LogP contribution in [-0.2, 0) is 4.79 Å². The normalized spacial score (nSPS) is 14.8. The van der Waals surface area contributed by atoms with Gasteiger partial charge in [-0.15, -0.1) is 0 Å². The summed E-state index contributed by atoms with van der Waals surface area (Å²) in [6.07, 6.45) is 0.972. The van der Waals surface area contributed by atoms with Crippen LogP contribution in [0.2, 0.25) is 0 Å². The zero-order valence-electron chi connectivity index (χ0n) is 20.4. The number of pyridine rings is 1. The fourth-order valence-electron chi connectivity index (χ4n) is 4.39. The van der Waals surface area contributed by atoms with Crippen LogP contribution in [0.3, 0.4) is 0 Å². The number of carbonyl (C=O) groups excluding carboxylic acids is 2. The number of carbonyl (C=O) groups is 2. The van der Waals surface area contributed by atoms with Crippen molar-refractivity contribution >= 4 is 28.9 Å². The van der Waals surface area contributed by atoms with Crippen LogP contribution in [0, 0.1) is 18.6 Å². The SMILES string of the molecule is Cc1ccc2nc(-c3cncc(F)c3)c(C(=O)N[C@H]3N=C(c4ccccc4)c4cccc(F)c4NC3=O)n2n1. The third-order valence-electron chi connectivity index (χ3n) is 6.14. The molecule has 3 aromatic heterocycles. The second-order valence-electron chi connectivity index (χ2n) is 8.82. The van der Waals surface area contributed by atoms with E-state index in [0.29, 0.717) is 28.2 Å². The number of fused-ring (bicyclic) bond motifs is 2. The molecule has 0 aliphatic carbocycles. The van der Waals surface area contributed by atoms with Crippen molar-refractivity contribution in [1.29, 1.82) is 0 Å². The monoisotopic (exact) mass is 523 g/mol. The van der Waals surface area contributed by atoms with Crippen molar-refractivity contribution in [2.24, 2.45) is 4.99 Å². The molecule has 5 aromatic rings. The number of benzene rings is 2. The highest BCUT2D eigenvalue weighted by Crippen LogP contribution is 2.28. The van der Waals surface area contributed by atoms with Crippen molar-refractivity contribution in [1.82, 2.24) is 24.9 Å². The topological polar surface area (TPSA) is 114 Å². The summed E-state index contributed by atoms with van der Waals surface area (Å²) in [7, 11) is 0. The van der Waals surface area contributed by atoms with Gasteiger partial charge in [0.2, 0.25) is 6.17 Å². The van der Waals surface area contributed by atoms with Crippen LogP contribution >= 0.6 is 0 Å². The summed E-state index contributed by atoms with van der Waals surface area (Å²) in [5, 5.41) is 9.57. The molecule has 0 saturated carbocycles. The van der Waals surface area contributed by atoms with E-state index in [4.69, 9.17) is 0 Å². The van der Waals surface area contributed by atoms with E-state index in [-0.39, 0.29) is 22.6 Å². The Bertz CT molecular complexity index is 1800. The summed E-state index contributed by atoms with van der Waals surface area (Å²) in [4.78, 5) is 39.9. The number of para-hydroxylation sites is 1. The summed E-state index contributed by atoms with van der Waals surface area (Å²) in [6.45, 7) is 1.74. The van der Waals surface area contributed by atoms with Crippen molar-refractivity contribution in [3.63, 3.8) is 0 Å². The van der Waals surface area contributed by atoms with Crippen molar-refractivity contribution in [2.75, 3.05) is 5.32 Å². The second kappa shape index (κ2) is 9.53. The molecule has 1 atom stereocenters. The largest absolute Gasteiger partial charge is 0.321 e. The van der Waals surface area contributed by atoms with E-state index >= 15 is 0 Å². The molecule has 4 heterocycles. The highest BCUT2D eigenvalue weighted by atomic mass is 19.1. The molecular formula is C28H19F2N7O2. The van der Waals surface area contributed by atoms with Gasteiger partial charge >= 0.3 is 0 Å². The molecule has 39 heavy (non-hydrogen) atoms. The number of anilines is 1. The van der Waals surface area contributed by atoms with Gasteiger partial charge in [-0.05, 0) is 31.2 Å². The Morgan fingerprint density at radius 2 is 1.82 bits per heavy atom. The molecule has 192 valence electrons. The van der Waals surface area contributed by atoms with Crippen LogP contribution in [0.5, 0.6) is 0 Å². The van der Waals surface area contributed by atoms with Crippen molar-refractivity contribution in [3.05, 3.63) is 113 Å². The van der Waals surface area contributed by atoms with Gasteiger partial charge in [0, 0.05) is 22.9 Å². The van der Waals surface area contributed by atoms with Crippen LogP contribution < -0.4 is 10.6 Å². The van der Waals surface area contributed by atoms with E-state index in [0.717, 1.165) is 6.20 Å². The number of aryl methyl sites for hydroxylation is 1. The van der Waals surface area contributed by atoms with E-state index in [1.807, 2.05) is 6.07 Å². The van der Waals surface area contributed by atoms with Gasteiger partial charge in [0.15, 0.2) is 11.3 Å². The average Bonchev–Trinajstić information content (AvgIpc) is 3.24. The maximum Gasteiger partial charge on any atom is 0.274 e. The molecule has 0 bridgehead atoms. The number of benzodiazepines with no additional fused rings is 1. The lowest BCUT2D eigenvalue weighted by Crippen LogP contribution is -2.43. The lowest BCUT2D eigenvalue weighted by atomic mass is 10.0. The molecule has 0 spiro atoms. The number of aromatic nitrogens is 4. The standard InChI is InChI=1S/C28H19F2N7O2/c1-15-10-11-21-32-23(17-12-18(29)14-31-13-17)25(37(21)36-15)27(38)35-26-28(39)34-24-19(8-5-9-20(24)30)22(33-26)16-6-3-2-4-7-16/h2-14,26H,1H3,(H,34,39)(H,35,38)/t26-/m1/s1. The third kappa shape index (κ3) is 4.39. The van der Waals surface area contributed by atoms with Crippen LogP contribution in [0.1, 0.15) is 27.3 Å². The van der Waals surface area contributed by atoms with Crippen LogP contribution in [0.25, 0.3) is 16.9 Å². The predicted octanol–water partition coefficient (Wildman–Crippen LogP) is 3.92. The van der Waals surface area contributed by atoms with Gasteiger partial charge in [0.1, 0.15) is 17.3 Å². The smallest absolute Gasteiger partial charge is 0.274 e. The number of nitrogens with zero attached hydrogens (tertiary/aromatic N) is 5. The van der Waals surface area contributed by atoms with Crippen LogP contribution in [0.4, 0.5) is 14.5 Å². The number of halogens is 2. The molecule has 11 heteroatoms. The lowest BCUT2D eigenvalue weighted by Gasteiger charge is -2.14. The first kappa shape index (κ1) is 24.0. The summed E-state index contributed by atoms with van der Waals surface area (Å²) >= 11 is 0. The molecule has 2 amide bonds. The highest BCUT2D eigenvalue weighted by Gasteiger charge is 2.31. The Morgan fingerprint density at radius 1 is 1.00 bits per heavy atom. The Kier molecular flexibility index (Phi) is 5.87. The van der Waals surface area contributed by atoms with Crippen LogP contribution in [-0.4, -0.2) is 43.3 Å². The molecule has 0 fully saturated rings. The number of aliphatic imine (C=N–C) groups is 1. The first-order chi connectivity index (χ1) is 18.9. The molecular weight excluding hydrogens is 504 g/mol. The van der Waals surface area contributed by atoms with Gasteiger partial charge in [-0.1, -0.05) is 42.5 Å². The Labute approximate surface area is 220 Å². The third-order valence-corrected chi connectivity index (χ3v) is 6.14. The summed E-state index contributed by atoms with van der Waals surface area (Å²) in [6, 6.07) is 17.9.